The van der Waals surface area contributed by atoms with E-state index in [0.29, 0.717) is 22.1 Å². The van der Waals surface area contributed by atoms with Gasteiger partial charge in [0, 0.05) is 23.8 Å². The summed E-state index contributed by atoms with van der Waals surface area (Å²) < 4.78 is 0.691. The van der Waals surface area contributed by atoms with Crippen LogP contribution in [0.3, 0.4) is 0 Å². The van der Waals surface area contributed by atoms with Crippen molar-refractivity contribution < 1.29 is 9.90 Å². The van der Waals surface area contributed by atoms with E-state index in [4.69, 9.17) is 0 Å². The number of anilines is 1. The molecule has 0 saturated heterocycles. The average Bonchev–Trinajstić information content (AvgIpc) is 2.38. The van der Waals surface area contributed by atoms with E-state index in [0.717, 1.165) is 25.9 Å². The molecule has 0 aliphatic heterocycles. The summed E-state index contributed by atoms with van der Waals surface area (Å²) in [5, 5.41) is 9.41. The van der Waals surface area contributed by atoms with Crippen LogP contribution in [0.5, 0.6) is 0 Å². The van der Waals surface area contributed by atoms with Crippen molar-refractivity contribution in [3.8, 4) is 0 Å². The Labute approximate surface area is 135 Å². The van der Waals surface area contributed by atoms with Gasteiger partial charge in [-0.25, -0.2) is 9.78 Å². The second-order valence-electron chi connectivity index (χ2n) is 6.18. The van der Waals surface area contributed by atoms with Gasteiger partial charge < -0.3 is 10.0 Å². The first-order valence-electron chi connectivity index (χ1n) is 7.45. The van der Waals surface area contributed by atoms with Crippen LogP contribution in [0.1, 0.15) is 50.9 Å². The molecule has 0 atom stereocenters. The van der Waals surface area contributed by atoms with E-state index in [1.165, 1.54) is 0 Å². The molecule has 0 aliphatic rings. The SMILES string of the molecule is CC(C)CCN(CCC(C)C)c1ncc(Br)cc1C(=O)O. The summed E-state index contributed by atoms with van der Waals surface area (Å²) >= 11 is 3.29. The van der Waals surface area contributed by atoms with Crippen molar-refractivity contribution in [1.82, 2.24) is 4.98 Å². The first-order chi connectivity index (χ1) is 9.81. The van der Waals surface area contributed by atoms with E-state index in [9.17, 15) is 9.90 Å². The van der Waals surface area contributed by atoms with E-state index >= 15 is 0 Å². The molecular weight excluding hydrogens is 332 g/mol. The van der Waals surface area contributed by atoms with Crippen molar-refractivity contribution in [2.24, 2.45) is 11.8 Å². The van der Waals surface area contributed by atoms with E-state index in [2.05, 4.69) is 53.5 Å². The minimum absolute atomic E-state index is 0.261. The molecule has 1 aromatic heterocycles. The quantitative estimate of drug-likeness (QED) is 0.747. The first kappa shape index (κ1) is 18.0. The Bertz CT molecular complexity index is 463. The zero-order chi connectivity index (χ0) is 16.0. The van der Waals surface area contributed by atoms with Gasteiger partial charge >= 0.3 is 5.97 Å². The van der Waals surface area contributed by atoms with E-state index in [1.807, 2.05) is 0 Å². The number of aromatic nitrogens is 1. The number of nitrogens with zero attached hydrogens (tertiary/aromatic N) is 2. The normalized spacial score (nSPS) is 11.2. The fourth-order valence-electron chi connectivity index (χ4n) is 1.99. The van der Waals surface area contributed by atoms with E-state index in [1.54, 1.807) is 12.3 Å². The van der Waals surface area contributed by atoms with Gasteiger partial charge in [0.1, 0.15) is 11.4 Å². The molecule has 4 nitrogen and oxygen atoms in total. The molecule has 0 amide bonds. The molecule has 1 heterocycles. The zero-order valence-corrected chi connectivity index (χ0v) is 14.9. The minimum atomic E-state index is -0.933. The number of hydrogen-bond acceptors (Lipinski definition) is 3. The predicted octanol–water partition coefficient (Wildman–Crippen LogP) is 4.44. The summed E-state index contributed by atoms with van der Waals surface area (Å²) in [6.45, 7) is 10.4. The summed E-state index contributed by atoms with van der Waals surface area (Å²) in [5.41, 5.74) is 0.261. The van der Waals surface area contributed by atoms with Crippen molar-refractivity contribution in [1.29, 1.82) is 0 Å². The number of rotatable bonds is 8. The Morgan fingerprint density at radius 1 is 1.24 bits per heavy atom. The molecule has 1 N–H and O–H groups in total. The fourth-order valence-corrected chi connectivity index (χ4v) is 2.32. The highest BCUT2D eigenvalue weighted by atomic mass is 79.9. The van der Waals surface area contributed by atoms with Crippen molar-refractivity contribution in [3.63, 3.8) is 0 Å². The highest BCUT2D eigenvalue weighted by molar-refractivity contribution is 9.10. The van der Waals surface area contributed by atoms with Gasteiger partial charge in [0.2, 0.25) is 0 Å². The molecule has 1 rings (SSSR count). The highest BCUT2D eigenvalue weighted by Gasteiger charge is 2.18. The van der Waals surface area contributed by atoms with Crippen LogP contribution in [-0.2, 0) is 0 Å². The first-order valence-corrected chi connectivity index (χ1v) is 8.24. The predicted molar refractivity (Wildman–Crippen MR) is 90.0 cm³/mol. The van der Waals surface area contributed by atoms with Crippen LogP contribution in [-0.4, -0.2) is 29.1 Å². The minimum Gasteiger partial charge on any atom is -0.478 e. The van der Waals surface area contributed by atoms with Gasteiger partial charge in [-0.1, -0.05) is 27.7 Å². The second kappa shape index (κ2) is 8.37. The Morgan fingerprint density at radius 3 is 2.19 bits per heavy atom. The number of hydrogen-bond donors (Lipinski definition) is 1. The van der Waals surface area contributed by atoms with Crippen LogP contribution in [0.4, 0.5) is 5.82 Å². The van der Waals surface area contributed by atoms with E-state index < -0.39 is 5.97 Å². The van der Waals surface area contributed by atoms with Crippen molar-refractivity contribution >= 4 is 27.7 Å². The van der Waals surface area contributed by atoms with Crippen LogP contribution in [0, 0.1) is 11.8 Å². The number of aromatic carboxylic acids is 1. The molecule has 0 bridgehead atoms. The number of carboxylic acids is 1. The number of halogens is 1. The largest absolute Gasteiger partial charge is 0.478 e. The molecule has 1 aromatic rings. The lowest BCUT2D eigenvalue weighted by Gasteiger charge is -2.26. The van der Waals surface area contributed by atoms with Gasteiger partial charge in [0.05, 0.1) is 0 Å². The third kappa shape index (κ3) is 6.04. The number of carboxylic acid groups (broad SMARTS) is 1. The summed E-state index contributed by atoms with van der Waals surface area (Å²) in [7, 11) is 0. The van der Waals surface area contributed by atoms with Gasteiger partial charge in [0.25, 0.3) is 0 Å². The van der Waals surface area contributed by atoms with Gasteiger partial charge in [-0.15, -0.1) is 0 Å². The van der Waals surface area contributed by atoms with Crippen molar-refractivity contribution in [2.75, 3.05) is 18.0 Å². The second-order valence-corrected chi connectivity index (χ2v) is 7.10. The summed E-state index contributed by atoms with van der Waals surface area (Å²) in [6, 6.07) is 1.63. The average molecular weight is 357 g/mol. The van der Waals surface area contributed by atoms with Gasteiger partial charge in [-0.3, -0.25) is 0 Å². The maximum Gasteiger partial charge on any atom is 0.339 e. The maximum atomic E-state index is 11.5. The summed E-state index contributed by atoms with van der Waals surface area (Å²) in [6.07, 6.45) is 3.71. The van der Waals surface area contributed by atoms with Crippen LogP contribution in [0.25, 0.3) is 0 Å². The van der Waals surface area contributed by atoms with Crippen molar-refractivity contribution in [2.45, 2.75) is 40.5 Å². The lowest BCUT2D eigenvalue weighted by Crippen LogP contribution is -2.30. The monoisotopic (exact) mass is 356 g/mol. The third-order valence-electron chi connectivity index (χ3n) is 3.32. The van der Waals surface area contributed by atoms with Gasteiger partial charge in [-0.05, 0) is 46.7 Å². The molecule has 0 saturated carbocycles. The molecule has 0 fully saturated rings. The topological polar surface area (TPSA) is 53.4 Å². The Balaban J connectivity index is 3.02. The third-order valence-corrected chi connectivity index (χ3v) is 3.75. The molecule has 5 heteroatoms. The Hall–Kier alpha value is -1.10. The van der Waals surface area contributed by atoms with Crippen LogP contribution in [0.15, 0.2) is 16.7 Å². The van der Waals surface area contributed by atoms with Crippen LogP contribution in [0.2, 0.25) is 0 Å². The van der Waals surface area contributed by atoms with Crippen molar-refractivity contribution in [3.05, 3.63) is 22.3 Å². The lowest BCUT2D eigenvalue weighted by molar-refractivity contribution is 0.0697. The lowest BCUT2D eigenvalue weighted by atomic mass is 10.1. The fraction of sp³-hybridized carbons (Fsp3) is 0.625. The van der Waals surface area contributed by atoms with Crippen LogP contribution >= 0.6 is 15.9 Å². The molecule has 0 unspecified atom stereocenters. The highest BCUT2D eigenvalue weighted by Crippen LogP contribution is 2.23. The van der Waals surface area contributed by atoms with Crippen LogP contribution < -0.4 is 4.90 Å². The van der Waals surface area contributed by atoms with Gasteiger partial charge in [-0.2, -0.15) is 0 Å². The molecule has 0 aromatic carbocycles. The number of pyridine rings is 1. The molecular formula is C16H25BrN2O2. The summed E-state index contributed by atoms with van der Waals surface area (Å²) in [4.78, 5) is 17.9. The molecule has 0 radical (unpaired) electrons. The number of carbonyl (C=O) groups is 1. The Morgan fingerprint density at radius 2 is 1.76 bits per heavy atom. The van der Waals surface area contributed by atoms with E-state index in [-0.39, 0.29) is 5.56 Å². The zero-order valence-electron chi connectivity index (χ0n) is 13.3. The molecule has 21 heavy (non-hydrogen) atoms. The smallest absolute Gasteiger partial charge is 0.339 e. The molecule has 0 spiro atoms. The Kier molecular flexibility index (Phi) is 7.15. The standard InChI is InChI=1S/C16H25BrN2O2/c1-11(2)5-7-19(8-6-12(3)4)15-14(16(20)21)9-13(17)10-18-15/h9-12H,5-8H2,1-4H3,(H,20,21). The molecule has 0 aliphatic carbocycles. The van der Waals surface area contributed by atoms with Gasteiger partial charge in [0.15, 0.2) is 0 Å². The molecule has 118 valence electrons. The summed E-state index contributed by atoms with van der Waals surface area (Å²) in [5.74, 6) is 0.801. The maximum absolute atomic E-state index is 11.5.